The van der Waals surface area contributed by atoms with Gasteiger partial charge >= 0.3 is 0 Å². The van der Waals surface area contributed by atoms with Gasteiger partial charge in [-0.15, -0.1) is 0 Å². The van der Waals surface area contributed by atoms with Crippen LogP contribution in [0.3, 0.4) is 0 Å². The Morgan fingerprint density at radius 2 is 1.71 bits per heavy atom. The molecule has 24 heavy (non-hydrogen) atoms. The maximum Gasteiger partial charge on any atom is 0.125 e. The molecule has 130 valence electrons. The minimum Gasteiger partial charge on any atom is -0.508 e. The van der Waals surface area contributed by atoms with Crippen LogP contribution in [0, 0.1) is 13.8 Å². The summed E-state index contributed by atoms with van der Waals surface area (Å²) >= 11 is 3.48. The van der Waals surface area contributed by atoms with E-state index in [0.717, 1.165) is 26.9 Å². The Bertz CT molecular complexity index is 650. The predicted molar refractivity (Wildman–Crippen MR) is 99.6 cm³/mol. The third kappa shape index (κ3) is 4.97. The molecule has 3 N–H and O–H groups in total. The van der Waals surface area contributed by atoms with Crippen LogP contribution >= 0.6 is 15.9 Å². The first-order valence-electron chi connectivity index (χ1n) is 7.98. The molecule has 0 amide bonds. The fourth-order valence-corrected chi connectivity index (χ4v) is 3.32. The van der Waals surface area contributed by atoms with Crippen molar-refractivity contribution < 1.29 is 14.9 Å². The molecule has 0 aliphatic carbocycles. The van der Waals surface area contributed by atoms with Gasteiger partial charge in [0.05, 0.1) is 6.10 Å². The van der Waals surface area contributed by atoms with Crippen LogP contribution in [0.25, 0.3) is 0 Å². The number of hydrogen-bond donors (Lipinski definition) is 3. The summed E-state index contributed by atoms with van der Waals surface area (Å²) in [4.78, 5) is 0. The highest BCUT2D eigenvalue weighted by Gasteiger charge is 2.15. The average Bonchev–Trinajstić information content (AvgIpc) is 2.53. The number of aromatic hydroxyl groups is 1. The van der Waals surface area contributed by atoms with Gasteiger partial charge in [0.1, 0.15) is 18.1 Å². The minimum atomic E-state index is -0.637. The van der Waals surface area contributed by atoms with Crippen molar-refractivity contribution >= 4 is 15.9 Å². The van der Waals surface area contributed by atoms with Crippen molar-refractivity contribution in [3.8, 4) is 11.5 Å². The lowest BCUT2D eigenvalue weighted by atomic mass is 10.0. The van der Waals surface area contributed by atoms with Crippen LogP contribution in [0.1, 0.15) is 29.7 Å². The third-order valence-electron chi connectivity index (χ3n) is 3.95. The molecule has 0 spiro atoms. The Kier molecular flexibility index (Phi) is 6.66. The first kappa shape index (κ1) is 18.8. The number of ether oxygens (including phenoxy) is 1. The van der Waals surface area contributed by atoms with Gasteiger partial charge in [0.2, 0.25) is 0 Å². The average molecular weight is 394 g/mol. The van der Waals surface area contributed by atoms with Crippen LogP contribution in [-0.2, 0) is 0 Å². The van der Waals surface area contributed by atoms with E-state index < -0.39 is 6.10 Å². The number of rotatable bonds is 7. The van der Waals surface area contributed by atoms with E-state index in [9.17, 15) is 10.2 Å². The zero-order valence-corrected chi connectivity index (χ0v) is 15.8. The van der Waals surface area contributed by atoms with Crippen molar-refractivity contribution in [1.29, 1.82) is 0 Å². The zero-order chi connectivity index (χ0) is 17.7. The van der Waals surface area contributed by atoms with Crippen molar-refractivity contribution in [3.05, 3.63) is 57.6 Å². The van der Waals surface area contributed by atoms with E-state index in [-0.39, 0.29) is 11.8 Å². The first-order chi connectivity index (χ1) is 11.4. The summed E-state index contributed by atoms with van der Waals surface area (Å²) in [6, 6.07) is 10.6. The molecule has 0 aromatic heterocycles. The summed E-state index contributed by atoms with van der Waals surface area (Å²) in [6.07, 6.45) is -0.637. The van der Waals surface area contributed by atoms with Gasteiger partial charge in [-0.2, -0.15) is 0 Å². The molecule has 2 atom stereocenters. The van der Waals surface area contributed by atoms with E-state index in [4.69, 9.17) is 4.74 Å². The molecule has 2 aromatic rings. The summed E-state index contributed by atoms with van der Waals surface area (Å²) in [5.74, 6) is 1.10. The van der Waals surface area contributed by atoms with Crippen LogP contribution in [-0.4, -0.2) is 29.4 Å². The van der Waals surface area contributed by atoms with E-state index in [1.807, 2.05) is 32.9 Å². The van der Waals surface area contributed by atoms with Gasteiger partial charge in [0.25, 0.3) is 0 Å². The van der Waals surface area contributed by atoms with Crippen LogP contribution in [0.4, 0.5) is 0 Å². The highest BCUT2D eigenvalue weighted by Crippen LogP contribution is 2.27. The molecule has 0 heterocycles. The molecule has 2 rings (SSSR count). The van der Waals surface area contributed by atoms with Gasteiger partial charge in [0.15, 0.2) is 0 Å². The summed E-state index contributed by atoms with van der Waals surface area (Å²) in [5, 5.41) is 22.9. The quantitative estimate of drug-likeness (QED) is 0.624. The first-order valence-corrected chi connectivity index (χ1v) is 8.77. The Hall–Kier alpha value is -1.56. The van der Waals surface area contributed by atoms with Crippen molar-refractivity contribution in [2.75, 3.05) is 13.2 Å². The van der Waals surface area contributed by atoms with Crippen LogP contribution < -0.4 is 10.1 Å². The fraction of sp³-hybridized carbons (Fsp3) is 0.368. The lowest BCUT2D eigenvalue weighted by Gasteiger charge is -2.21. The Balaban J connectivity index is 1.82. The second kappa shape index (κ2) is 8.51. The summed E-state index contributed by atoms with van der Waals surface area (Å²) in [5.41, 5.74) is 2.96. The van der Waals surface area contributed by atoms with E-state index in [1.165, 1.54) is 0 Å². The molecule has 2 aromatic carbocycles. The van der Waals surface area contributed by atoms with Crippen molar-refractivity contribution in [1.82, 2.24) is 5.32 Å². The molecule has 0 saturated heterocycles. The largest absolute Gasteiger partial charge is 0.508 e. The molecule has 2 unspecified atom stereocenters. The van der Waals surface area contributed by atoms with Gasteiger partial charge < -0.3 is 20.3 Å². The maximum atomic E-state index is 10.3. The third-order valence-corrected chi connectivity index (χ3v) is 4.41. The molecule has 0 aliphatic heterocycles. The number of aryl methyl sites for hydroxylation is 2. The molecule has 0 fully saturated rings. The molecular formula is C19H24BrNO3. The lowest BCUT2D eigenvalue weighted by molar-refractivity contribution is 0.133. The van der Waals surface area contributed by atoms with E-state index >= 15 is 0 Å². The minimum absolute atomic E-state index is 0.120. The van der Waals surface area contributed by atoms with E-state index in [1.54, 1.807) is 24.3 Å². The van der Waals surface area contributed by atoms with Crippen LogP contribution in [0.5, 0.6) is 11.5 Å². The predicted octanol–water partition coefficient (Wildman–Crippen LogP) is 3.86. The van der Waals surface area contributed by atoms with Crippen LogP contribution in [0.2, 0.25) is 0 Å². The smallest absolute Gasteiger partial charge is 0.125 e. The topological polar surface area (TPSA) is 61.7 Å². The normalized spacial score (nSPS) is 13.5. The zero-order valence-electron chi connectivity index (χ0n) is 14.2. The molecule has 5 heteroatoms. The van der Waals surface area contributed by atoms with Gasteiger partial charge in [-0.05, 0) is 61.7 Å². The number of benzene rings is 2. The second-order valence-corrected chi connectivity index (χ2v) is 6.91. The number of phenolic OH excluding ortho intramolecular Hbond substituents is 1. The number of phenols is 1. The lowest BCUT2D eigenvalue weighted by Crippen LogP contribution is -2.35. The molecule has 0 saturated carbocycles. The monoisotopic (exact) mass is 393 g/mol. The van der Waals surface area contributed by atoms with Gasteiger partial charge in [0, 0.05) is 17.1 Å². The SMILES string of the molecule is Cc1cc(Br)cc(C)c1OCCNC(C)C(O)c1ccc(O)cc1. The number of aliphatic hydroxyl groups excluding tert-OH is 1. The number of aliphatic hydroxyl groups is 1. The molecule has 4 nitrogen and oxygen atoms in total. The Labute approximate surface area is 151 Å². The van der Waals surface area contributed by atoms with Gasteiger partial charge in [-0.1, -0.05) is 28.1 Å². The Morgan fingerprint density at radius 3 is 2.29 bits per heavy atom. The van der Waals surface area contributed by atoms with E-state index in [0.29, 0.717) is 13.2 Å². The molecule has 0 radical (unpaired) electrons. The second-order valence-electron chi connectivity index (χ2n) is 6.00. The van der Waals surface area contributed by atoms with Crippen molar-refractivity contribution in [3.63, 3.8) is 0 Å². The van der Waals surface area contributed by atoms with Crippen molar-refractivity contribution in [2.45, 2.75) is 32.9 Å². The summed E-state index contributed by atoms with van der Waals surface area (Å²) in [7, 11) is 0. The Morgan fingerprint density at radius 1 is 1.12 bits per heavy atom. The summed E-state index contributed by atoms with van der Waals surface area (Å²) in [6.45, 7) is 7.13. The van der Waals surface area contributed by atoms with E-state index in [2.05, 4.69) is 21.2 Å². The number of nitrogens with one attached hydrogen (secondary N) is 1. The van der Waals surface area contributed by atoms with Gasteiger partial charge in [-0.25, -0.2) is 0 Å². The summed E-state index contributed by atoms with van der Waals surface area (Å²) < 4.78 is 6.93. The van der Waals surface area contributed by atoms with Crippen molar-refractivity contribution in [2.24, 2.45) is 0 Å². The molecule has 0 bridgehead atoms. The van der Waals surface area contributed by atoms with Gasteiger partial charge in [-0.3, -0.25) is 0 Å². The molecular weight excluding hydrogens is 370 g/mol. The molecule has 0 aliphatic rings. The number of halogens is 1. The maximum absolute atomic E-state index is 10.3. The van der Waals surface area contributed by atoms with Crippen LogP contribution in [0.15, 0.2) is 40.9 Å². The standard InChI is InChI=1S/C19H24BrNO3/c1-12-10-16(20)11-13(2)19(12)24-9-8-21-14(3)18(23)15-4-6-17(22)7-5-15/h4-7,10-11,14,18,21-23H,8-9H2,1-3H3. The highest BCUT2D eigenvalue weighted by molar-refractivity contribution is 9.10. The number of hydrogen-bond acceptors (Lipinski definition) is 4. The fourth-order valence-electron chi connectivity index (χ4n) is 2.64. The highest BCUT2D eigenvalue weighted by atomic mass is 79.9.